The largest absolute Gasteiger partial charge is 0.341 e. The molecule has 1 aromatic carbocycles. The zero-order valence-corrected chi connectivity index (χ0v) is 14.8. The number of amides is 1. The fourth-order valence-electron chi connectivity index (χ4n) is 3.44. The Morgan fingerprint density at radius 1 is 1.17 bits per heavy atom. The molecular weight excluding hydrogens is 304 g/mol. The maximum atomic E-state index is 12.7. The summed E-state index contributed by atoms with van der Waals surface area (Å²) in [5, 5.41) is 1.96. The minimum Gasteiger partial charge on any atom is -0.341 e. The first kappa shape index (κ1) is 16.3. The van der Waals surface area contributed by atoms with Crippen LogP contribution in [0.3, 0.4) is 0 Å². The Kier molecular flexibility index (Phi) is 4.90. The molecule has 0 bridgehead atoms. The number of fused-ring (bicyclic) bond motifs is 1. The Bertz CT molecular complexity index is 693. The first-order chi connectivity index (χ1) is 11.0. The van der Waals surface area contributed by atoms with Gasteiger partial charge in [0.25, 0.3) is 0 Å². The normalized spacial score (nSPS) is 23.0. The molecule has 3 nitrogen and oxygen atoms in total. The number of carbonyl (C=O) groups is 1. The zero-order valence-electron chi connectivity index (χ0n) is 14.0. The van der Waals surface area contributed by atoms with E-state index >= 15 is 0 Å². The number of nitrogens with zero attached hydrogens (tertiary/aromatic N) is 2. The lowest BCUT2D eigenvalue weighted by molar-refractivity contribution is -0.132. The van der Waals surface area contributed by atoms with Crippen molar-refractivity contribution in [3.05, 3.63) is 36.4 Å². The van der Waals surface area contributed by atoms with Crippen LogP contribution in [0.1, 0.15) is 27.2 Å². The van der Waals surface area contributed by atoms with Gasteiger partial charge in [-0.15, -0.1) is 0 Å². The molecule has 1 fully saturated rings. The van der Waals surface area contributed by atoms with Crippen molar-refractivity contribution >= 4 is 28.6 Å². The van der Waals surface area contributed by atoms with Gasteiger partial charge in [0.2, 0.25) is 5.91 Å². The van der Waals surface area contributed by atoms with Crippen molar-refractivity contribution in [1.29, 1.82) is 0 Å². The molecule has 3 unspecified atom stereocenters. The van der Waals surface area contributed by atoms with Crippen LogP contribution in [0.5, 0.6) is 0 Å². The lowest BCUT2D eigenvalue weighted by Crippen LogP contribution is -2.45. The van der Waals surface area contributed by atoms with Gasteiger partial charge in [0.15, 0.2) is 0 Å². The van der Waals surface area contributed by atoms with Crippen molar-refractivity contribution in [2.24, 2.45) is 11.8 Å². The van der Waals surface area contributed by atoms with E-state index in [1.807, 2.05) is 36.1 Å². The lowest BCUT2D eigenvalue weighted by atomic mass is 9.92. The molecule has 3 rings (SSSR count). The molecule has 0 spiro atoms. The maximum absolute atomic E-state index is 12.7. The number of para-hydroxylation sites is 1. The molecule has 122 valence electrons. The summed E-state index contributed by atoms with van der Waals surface area (Å²) in [5.74, 6) is 1.43. The molecule has 23 heavy (non-hydrogen) atoms. The van der Waals surface area contributed by atoms with Gasteiger partial charge < -0.3 is 4.90 Å². The smallest absolute Gasteiger partial charge is 0.235 e. The molecule has 4 heteroatoms. The minimum absolute atomic E-state index is 0.0961. The molecule has 1 amide bonds. The van der Waals surface area contributed by atoms with Crippen molar-refractivity contribution in [1.82, 2.24) is 9.88 Å². The fraction of sp³-hybridized carbons (Fsp3) is 0.474. The van der Waals surface area contributed by atoms with E-state index < -0.39 is 0 Å². The molecule has 2 aromatic rings. The van der Waals surface area contributed by atoms with Gasteiger partial charge in [-0.1, -0.05) is 49.9 Å². The van der Waals surface area contributed by atoms with Crippen molar-refractivity contribution in [2.45, 2.75) is 37.5 Å². The van der Waals surface area contributed by atoms with Crippen LogP contribution in [0.2, 0.25) is 0 Å². The molecular formula is C19H24N2OS. The molecule has 3 atom stereocenters. The third kappa shape index (κ3) is 3.86. The van der Waals surface area contributed by atoms with Gasteiger partial charge >= 0.3 is 0 Å². The van der Waals surface area contributed by atoms with Crippen molar-refractivity contribution in [2.75, 3.05) is 13.1 Å². The number of hydrogen-bond acceptors (Lipinski definition) is 3. The summed E-state index contributed by atoms with van der Waals surface area (Å²) in [6, 6.07) is 12.2. The topological polar surface area (TPSA) is 33.2 Å². The highest BCUT2D eigenvalue weighted by atomic mass is 32.2. The predicted octanol–water partition coefficient (Wildman–Crippen LogP) is 4.22. The van der Waals surface area contributed by atoms with Crippen molar-refractivity contribution in [3.8, 4) is 0 Å². The van der Waals surface area contributed by atoms with E-state index in [4.69, 9.17) is 0 Å². The molecule has 0 saturated carbocycles. The zero-order chi connectivity index (χ0) is 16.4. The second-order valence-electron chi connectivity index (χ2n) is 6.79. The van der Waals surface area contributed by atoms with Gasteiger partial charge in [-0.25, -0.2) is 4.98 Å². The first-order valence-electron chi connectivity index (χ1n) is 8.34. The number of pyridine rings is 1. The van der Waals surface area contributed by atoms with Crippen LogP contribution >= 0.6 is 11.8 Å². The van der Waals surface area contributed by atoms with Gasteiger partial charge in [-0.3, -0.25) is 4.79 Å². The molecule has 1 aromatic heterocycles. The minimum atomic E-state index is -0.0961. The molecule has 0 radical (unpaired) electrons. The number of carbonyl (C=O) groups excluding carboxylic acids is 1. The first-order valence-corrected chi connectivity index (χ1v) is 9.22. The van der Waals surface area contributed by atoms with Crippen LogP contribution in [0.4, 0.5) is 0 Å². The van der Waals surface area contributed by atoms with Gasteiger partial charge in [-0.05, 0) is 37.3 Å². The molecule has 0 N–H and O–H groups in total. The molecule has 1 aliphatic heterocycles. The predicted molar refractivity (Wildman–Crippen MR) is 96.6 cm³/mol. The molecule has 1 aliphatic rings. The van der Waals surface area contributed by atoms with E-state index in [2.05, 4.69) is 31.0 Å². The second kappa shape index (κ2) is 6.91. The number of thioether (sulfide) groups is 1. The quantitative estimate of drug-likeness (QED) is 0.791. The maximum Gasteiger partial charge on any atom is 0.235 e. The second-order valence-corrected chi connectivity index (χ2v) is 8.15. The summed E-state index contributed by atoms with van der Waals surface area (Å²) in [7, 11) is 0. The van der Waals surface area contributed by atoms with Gasteiger partial charge in [-0.2, -0.15) is 0 Å². The Morgan fingerprint density at radius 3 is 2.61 bits per heavy atom. The molecule has 2 heterocycles. The number of piperidine rings is 1. The standard InChI is InChI=1S/C19H24N2OS/c1-13-10-14(2)12-21(11-13)19(22)15(3)23-18-9-8-16-6-4-5-7-17(16)20-18/h4-9,13-15H,10-12H2,1-3H3. The van der Waals surface area contributed by atoms with Crippen LogP contribution in [0.15, 0.2) is 41.4 Å². The average molecular weight is 328 g/mol. The Morgan fingerprint density at radius 2 is 1.87 bits per heavy atom. The fourth-order valence-corrected chi connectivity index (χ4v) is 4.35. The number of likely N-dealkylation sites (tertiary alicyclic amines) is 1. The SMILES string of the molecule is CC1CC(C)CN(C(=O)C(C)Sc2ccc3ccccc3n2)C1. The third-order valence-electron chi connectivity index (χ3n) is 4.40. The number of benzene rings is 1. The summed E-state index contributed by atoms with van der Waals surface area (Å²) in [4.78, 5) is 19.4. The number of aromatic nitrogens is 1. The summed E-state index contributed by atoms with van der Waals surface area (Å²) >= 11 is 1.56. The van der Waals surface area contributed by atoms with Crippen LogP contribution in [-0.4, -0.2) is 34.1 Å². The van der Waals surface area contributed by atoms with E-state index in [0.29, 0.717) is 11.8 Å². The highest BCUT2D eigenvalue weighted by Gasteiger charge is 2.28. The molecule has 0 aliphatic carbocycles. The number of hydrogen-bond donors (Lipinski definition) is 0. The summed E-state index contributed by atoms with van der Waals surface area (Å²) < 4.78 is 0. The van der Waals surface area contributed by atoms with Crippen LogP contribution in [-0.2, 0) is 4.79 Å². The summed E-state index contributed by atoms with van der Waals surface area (Å²) in [6.07, 6.45) is 1.22. The van der Waals surface area contributed by atoms with E-state index in [0.717, 1.165) is 29.0 Å². The van der Waals surface area contributed by atoms with Crippen LogP contribution in [0.25, 0.3) is 10.9 Å². The Hall–Kier alpha value is -1.55. The average Bonchev–Trinajstić information content (AvgIpc) is 2.53. The van der Waals surface area contributed by atoms with Crippen molar-refractivity contribution in [3.63, 3.8) is 0 Å². The van der Waals surface area contributed by atoms with E-state index in [1.165, 1.54) is 6.42 Å². The van der Waals surface area contributed by atoms with E-state index in [1.54, 1.807) is 11.8 Å². The van der Waals surface area contributed by atoms with Gasteiger partial charge in [0.1, 0.15) is 0 Å². The summed E-state index contributed by atoms with van der Waals surface area (Å²) in [5.41, 5.74) is 0.984. The molecule has 1 saturated heterocycles. The van der Waals surface area contributed by atoms with Crippen LogP contribution in [0, 0.1) is 11.8 Å². The van der Waals surface area contributed by atoms with Crippen molar-refractivity contribution < 1.29 is 4.79 Å². The monoisotopic (exact) mass is 328 g/mol. The van der Waals surface area contributed by atoms with E-state index in [-0.39, 0.29) is 11.2 Å². The highest BCUT2D eigenvalue weighted by molar-refractivity contribution is 8.00. The van der Waals surface area contributed by atoms with Gasteiger partial charge in [0.05, 0.1) is 15.8 Å². The van der Waals surface area contributed by atoms with E-state index in [9.17, 15) is 4.79 Å². The third-order valence-corrected chi connectivity index (χ3v) is 5.42. The Labute approximate surface area is 142 Å². The van der Waals surface area contributed by atoms with Crippen LogP contribution < -0.4 is 0 Å². The van der Waals surface area contributed by atoms with Gasteiger partial charge in [0, 0.05) is 18.5 Å². The lowest BCUT2D eigenvalue weighted by Gasteiger charge is -2.36. The summed E-state index contributed by atoms with van der Waals surface area (Å²) in [6.45, 7) is 8.24. The number of rotatable bonds is 3. The Balaban J connectivity index is 1.69. The highest BCUT2D eigenvalue weighted by Crippen LogP contribution is 2.27.